The Morgan fingerprint density at radius 1 is 1.57 bits per heavy atom. The van der Waals surface area contributed by atoms with Gasteiger partial charge in [0.25, 0.3) is 0 Å². The molecule has 0 bridgehead atoms. The molecule has 1 aliphatic heterocycles. The van der Waals surface area contributed by atoms with Crippen LogP contribution >= 0.6 is 27.5 Å². The topological polar surface area (TPSA) is 55.1 Å². The highest BCUT2D eigenvalue weighted by molar-refractivity contribution is 9.10. The number of carbonyl (C=O) groups excluding carboxylic acids is 1. The highest BCUT2D eigenvalue weighted by atomic mass is 79.9. The largest absolute Gasteiger partial charge is 0.323 e. The molecule has 0 radical (unpaired) electrons. The first kappa shape index (κ1) is 9.96. The van der Waals surface area contributed by atoms with Gasteiger partial charge in [0, 0.05) is 15.1 Å². The van der Waals surface area contributed by atoms with Gasteiger partial charge in [-0.3, -0.25) is 4.79 Å². The predicted molar refractivity (Wildman–Crippen MR) is 59.3 cm³/mol. The van der Waals surface area contributed by atoms with Crippen LogP contribution < -0.4 is 11.1 Å². The van der Waals surface area contributed by atoms with E-state index < -0.39 is 5.54 Å². The molecule has 5 heteroatoms. The zero-order valence-corrected chi connectivity index (χ0v) is 9.74. The molecule has 0 unspecified atom stereocenters. The fourth-order valence-electron chi connectivity index (χ4n) is 1.48. The molecule has 1 aromatic carbocycles. The molecule has 14 heavy (non-hydrogen) atoms. The number of hydrogen-bond donors (Lipinski definition) is 2. The molecular weight excluding hydrogens is 267 g/mol. The third-order valence-electron chi connectivity index (χ3n) is 2.32. The Balaban J connectivity index is 2.71. The van der Waals surface area contributed by atoms with Gasteiger partial charge in [0.1, 0.15) is 5.54 Å². The van der Waals surface area contributed by atoms with E-state index in [1.54, 1.807) is 19.1 Å². The second-order valence-electron chi connectivity index (χ2n) is 3.47. The summed E-state index contributed by atoms with van der Waals surface area (Å²) >= 11 is 9.20. The number of halogens is 2. The number of carbonyl (C=O) groups is 1. The Bertz CT molecular complexity index is 431. The Labute approximate surface area is 94.7 Å². The van der Waals surface area contributed by atoms with Crippen LogP contribution in [-0.2, 0) is 10.3 Å². The van der Waals surface area contributed by atoms with Gasteiger partial charge in [-0.1, -0.05) is 11.6 Å². The third-order valence-corrected chi connectivity index (χ3v) is 3.17. The van der Waals surface area contributed by atoms with E-state index in [1.165, 1.54) is 0 Å². The molecule has 0 aliphatic carbocycles. The second-order valence-corrected chi connectivity index (χ2v) is 4.76. The van der Waals surface area contributed by atoms with Gasteiger partial charge in [0.05, 0.1) is 5.69 Å². The molecule has 0 fully saturated rings. The van der Waals surface area contributed by atoms with Crippen LogP contribution in [0, 0.1) is 0 Å². The summed E-state index contributed by atoms with van der Waals surface area (Å²) in [6.07, 6.45) is 0. The molecule has 1 atom stereocenters. The summed E-state index contributed by atoms with van der Waals surface area (Å²) in [5.74, 6) is -0.213. The van der Waals surface area contributed by atoms with Crippen molar-refractivity contribution in [3.05, 3.63) is 27.2 Å². The number of hydrogen-bond acceptors (Lipinski definition) is 2. The van der Waals surface area contributed by atoms with Crippen LogP contribution in [0.1, 0.15) is 12.5 Å². The van der Waals surface area contributed by atoms with E-state index >= 15 is 0 Å². The van der Waals surface area contributed by atoms with Gasteiger partial charge >= 0.3 is 0 Å². The minimum atomic E-state index is -0.997. The number of rotatable bonds is 0. The maximum absolute atomic E-state index is 11.5. The molecule has 0 aromatic heterocycles. The van der Waals surface area contributed by atoms with Crippen molar-refractivity contribution >= 4 is 39.1 Å². The average Bonchev–Trinajstić information content (AvgIpc) is 2.28. The van der Waals surface area contributed by atoms with Gasteiger partial charge in [-0.2, -0.15) is 0 Å². The lowest BCUT2D eigenvalue weighted by Crippen LogP contribution is -2.40. The van der Waals surface area contributed by atoms with Crippen molar-refractivity contribution in [1.82, 2.24) is 0 Å². The van der Waals surface area contributed by atoms with Gasteiger partial charge in [0.2, 0.25) is 5.91 Å². The van der Waals surface area contributed by atoms with Crippen LogP contribution in [0.2, 0.25) is 5.02 Å². The smallest absolute Gasteiger partial charge is 0.248 e. The van der Waals surface area contributed by atoms with Crippen LogP contribution in [0.15, 0.2) is 16.6 Å². The Morgan fingerprint density at radius 3 is 2.86 bits per heavy atom. The van der Waals surface area contributed by atoms with Gasteiger partial charge in [-0.25, -0.2) is 0 Å². The van der Waals surface area contributed by atoms with Gasteiger partial charge < -0.3 is 11.1 Å². The summed E-state index contributed by atoms with van der Waals surface area (Å²) in [4.78, 5) is 11.5. The van der Waals surface area contributed by atoms with Crippen LogP contribution in [0.25, 0.3) is 0 Å². The van der Waals surface area contributed by atoms with Crippen LogP contribution in [-0.4, -0.2) is 5.91 Å². The summed E-state index contributed by atoms with van der Waals surface area (Å²) in [5, 5.41) is 3.27. The highest BCUT2D eigenvalue weighted by Crippen LogP contribution is 2.40. The molecular formula is C9H8BrClN2O. The Kier molecular flexibility index (Phi) is 2.10. The van der Waals surface area contributed by atoms with Gasteiger partial charge in [-0.05, 0) is 35.0 Å². The van der Waals surface area contributed by atoms with E-state index in [-0.39, 0.29) is 5.91 Å². The van der Waals surface area contributed by atoms with E-state index in [0.717, 1.165) is 10.0 Å². The molecule has 0 saturated carbocycles. The third kappa shape index (κ3) is 1.26. The maximum Gasteiger partial charge on any atom is 0.248 e. The summed E-state index contributed by atoms with van der Waals surface area (Å²) < 4.78 is 0.752. The van der Waals surface area contributed by atoms with Gasteiger partial charge in [0.15, 0.2) is 0 Å². The molecule has 2 rings (SSSR count). The van der Waals surface area contributed by atoms with Crippen LogP contribution in [0.5, 0.6) is 0 Å². The zero-order chi connectivity index (χ0) is 10.5. The summed E-state index contributed by atoms with van der Waals surface area (Å²) in [6, 6.07) is 3.43. The molecule has 3 N–H and O–H groups in total. The number of fused-ring (bicyclic) bond motifs is 1. The number of benzene rings is 1. The van der Waals surface area contributed by atoms with E-state index in [4.69, 9.17) is 17.3 Å². The van der Waals surface area contributed by atoms with E-state index in [0.29, 0.717) is 10.7 Å². The lowest BCUT2D eigenvalue weighted by molar-refractivity contribution is -0.120. The number of amides is 1. The normalized spacial score (nSPS) is 24.7. The molecule has 0 spiro atoms. The van der Waals surface area contributed by atoms with Gasteiger partial charge in [-0.15, -0.1) is 0 Å². The average molecular weight is 276 g/mol. The fraction of sp³-hybridized carbons (Fsp3) is 0.222. The first-order valence-corrected chi connectivity index (χ1v) is 5.20. The lowest BCUT2D eigenvalue weighted by Gasteiger charge is -2.15. The Morgan fingerprint density at radius 2 is 2.21 bits per heavy atom. The fourth-order valence-corrected chi connectivity index (χ4v) is 2.39. The van der Waals surface area contributed by atoms with E-state index in [2.05, 4.69) is 21.2 Å². The molecule has 1 aliphatic rings. The van der Waals surface area contributed by atoms with Crippen LogP contribution in [0.3, 0.4) is 0 Å². The summed E-state index contributed by atoms with van der Waals surface area (Å²) in [7, 11) is 0. The Hall–Kier alpha value is -0.580. The molecule has 1 amide bonds. The quantitative estimate of drug-likeness (QED) is 0.763. The summed E-state index contributed by atoms with van der Waals surface area (Å²) in [6.45, 7) is 1.66. The zero-order valence-electron chi connectivity index (χ0n) is 7.40. The van der Waals surface area contributed by atoms with Crippen molar-refractivity contribution in [2.24, 2.45) is 5.73 Å². The molecule has 1 aromatic rings. The van der Waals surface area contributed by atoms with Crippen molar-refractivity contribution in [3.8, 4) is 0 Å². The van der Waals surface area contributed by atoms with Crippen molar-refractivity contribution in [3.63, 3.8) is 0 Å². The number of nitrogens with two attached hydrogens (primary N) is 1. The predicted octanol–water partition coefficient (Wildman–Crippen LogP) is 2.23. The van der Waals surface area contributed by atoms with E-state index in [9.17, 15) is 4.79 Å². The minimum absolute atomic E-state index is 0.213. The molecule has 3 nitrogen and oxygen atoms in total. The van der Waals surface area contributed by atoms with Crippen molar-refractivity contribution in [2.45, 2.75) is 12.5 Å². The molecule has 0 saturated heterocycles. The van der Waals surface area contributed by atoms with Crippen molar-refractivity contribution < 1.29 is 4.79 Å². The lowest BCUT2D eigenvalue weighted by atomic mass is 9.95. The van der Waals surface area contributed by atoms with Crippen molar-refractivity contribution in [2.75, 3.05) is 5.32 Å². The first-order valence-electron chi connectivity index (χ1n) is 4.03. The monoisotopic (exact) mass is 274 g/mol. The molecule has 74 valence electrons. The van der Waals surface area contributed by atoms with Crippen LogP contribution in [0.4, 0.5) is 5.69 Å². The minimum Gasteiger partial charge on any atom is -0.323 e. The highest BCUT2D eigenvalue weighted by Gasteiger charge is 2.40. The standard InChI is InChI=1S/C9H8BrClN2O/c1-9(12)5-2-4(11)3-6(10)7(5)13-8(9)14/h2-3H,12H2,1H3,(H,13,14)/t9-/m0/s1. The SMILES string of the molecule is C[C@@]1(N)C(=O)Nc2c(Br)cc(Cl)cc21. The number of nitrogens with one attached hydrogen (secondary N) is 1. The first-order chi connectivity index (χ1) is 6.43. The number of anilines is 1. The van der Waals surface area contributed by atoms with Crippen molar-refractivity contribution in [1.29, 1.82) is 0 Å². The second kappa shape index (κ2) is 2.95. The molecule has 1 heterocycles. The van der Waals surface area contributed by atoms with E-state index in [1.807, 2.05) is 0 Å². The maximum atomic E-state index is 11.5. The summed E-state index contributed by atoms with van der Waals surface area (Å²) in [5.41, 5.74) is 6.32.